The Morgan fingerprint density at radius 3 is 2.53 bits per heavy atom. The van der Waals surface area contributed by atoms with E-state index in [-0.39, 0.29) is 25.7 Å². The minimum absolute atomic E-state index is 0.0781. The molecule has 1 unspecified atom stereocenters. The summed E-state index contributed by atoms with van der Waals surface area (Å²) in [6.07, 6.45) is 1.86. The van der Waals surface area contributed by atoms with E-state index in [1.165, 1.54) is 0 Å². The van der Waals surface area contributed by atoms with Gasteiger partial charge in [-0.15, -0.1) is 0 Å². The van der Waals surface area contributed by atoms with E-state index in [4.69, 9.17) is 5.11 Å². The number of nitrogens with zero attached hydrogens (tertiary/aromatic N) is 2. The first kappa shape index (κ1) is 15.8. The Kier molecular flexibility index (Phi) is 5.60. The third-order valence-electron chi connectivity index (χ3n) is 4.00. The number of piperidine rings is 1. The van der Waals surface area contributed by atoms with Gasteiger partial charge in [-0.3, -0.25) is 4.79 Å². The van der Waals surface area contributed by atoms with E-state index in [2.05, 4.69) is 0 Å². The number of aliphatic hydroxyl groups excluding tert-OH is 1. The summed E-state index contributed by atoms with van der Waals surface area (Å²) in [6, 6.07) is -0.171. The van der Waals surface area contributed by atoms with Gasteiger partial charge < -0.3 is 20.0 Å². The van der Waals surface area contributed by atoms with Gasteiger partial charge >= 0.3 is 12.0 Å². The summed E-state index contributed by atoms with van der Waals surface area (Å²) in [5, 5.41) is 18.3. The van der Waals surface area contributed by atoms with Gasteiger partial charge in [0.05, 0.1) is 12.0 Å². The number of carbonyl (C=O) groups excluding carboxylic acids is 1. The summed E-state index contributed by atoms with van der Waals surface area (Å²) in [4.78, 5) is 26.9. The Balaban J connectivity index is 2.78. The van der Waals surface area contributed by atoms with Crippen molar-refractivity contribution < 1.29 is 19.8 Å². The van der Waals surface area contributed by atoms with Crippen LogP contribution in [0.25, 0.3) is 0 Å². The molecule has 0 aromatic heterocycles. The number of hydrogen-bond donors (Lipinski definition) is 2. The number of amides is 2. The predicted octanol–water partition coefficient (Wildman–Crippen LogP) is 0.997. The molecule has 1 rings (SSSR count). The van der Waals surface area contributed by atoms with Crippen LogP contribution in [0.4, 0.5) is 4.79 Å². The van der Waals surface area contributed by atoms with Crippen LogP contribution in [-0.2, 0) is 4.79 Å². The normalized spacial score (nSPS) is 23.2. The quantitative estimate of drug-likeness (QED) is 0.782. The minimum Gasteiger partial charge on any atom is -0.481 e. The summed E-state index contributed by atoms with van der Waals surface area (Å²) in [5.41, 5.74) is -0.813. The third-order valence-corrected chi connectivity index (χ3v) is 4.00. The molecule has 1 heterocycles. The lowest BCUT2D eigenvalue weighted by molar-refractivity contribution is -0.152. The van der Waals surface area contributed by atoms with E-state index in [9.17, 15) is 14.7 Å². The Labute approximate surface area is 114 Å². The van der Waals surface area contributed by atoms with Gasteiger partial charge in [-0.05, 0) is 26.2 Å². The van der Waals surface area contributed by atoms with Crippen molar-refractivity contribution >= 4 is 12.0 Å². The fourth-order valence-electron chi connectivity index (χ4n) is 2.62. The Hall–Kier alpha value is -1.30. The lowest BCUT2D eigenvalue weighted by Crippen LogP contribution is -2.53. The van der Waals surface area contributed by atoms with Gasteiger partial charge in [0.25, 0.3) is 0 Å². The van der Waals surface area contributed by atoms with E-state index in [1.54, 1.807) is 9.80 Å². The first-order chi connectivity index (χ1) is 9.00. The van der Waals surface area contributed by atoms with Crippen LogP contribution in [0.5, 0.6) is 0 Å². The fourth-order valence-corrected chi connectivity index (χ4v) is 2.62. The number of aliphatic hydroxyl groups is 1. The van der Waals surface area contributed by atoms with E-state index in [0.717, 1.165) is 0 Å². The molecule has 110 valence electrons. The highest BCUT2D eigenvalue weighted by Crippen LogP contribution is 2.34. The van der Waals surface area contributed by atoms with Crippen LogP contribution in [0.1, 0.15) is 33.1 Å². The molecule has 19 heavy (non-hydrogen) atoms. The molecule has 6 heteroatoms. The second kappa shape index (κ2) is 6.75. The zero-order valence-electron chi connectivity index (χ0n) is 11.8. The zero-order valence-corrected chi connectivity index (χ0v) is 11.8. The Morgan fingerprint density at radius 2 is 2.05 bits per heavy atom. The number of urea groups is 1. The van der Waals surface area contributed by atoms with Crippen molar-refractivity contribution in [2.24, 2.45) is 5.41 Å². The van der Waals surface area contributed by atoms with Crippen LogP contribution in [-0.4, -0.2) is 64.8 Å². The van der Waals surface area contributed by atoms with Crippen molar-refractivity contribution in [3.8, 4) is 0 Å². The Bertz CT molecular complexity index is 335. The number of rotatable bonds is 5. The third kappa shape index (κ3) is 3.37. The molecule has 0 aliphatic carbocycles. The monoisotopic (exact) mass is 272 g/mol. The highest BCUT2D eigenvalue weighted by molar-refractivity contribution is 5.78. The number of aliphatic carboxylic acids is 1. The van der Waals surface area contributed by atoms with Crippen molar-refractivity contribution in [2.75, 3.05) is 32.8 Å². The largest absolute Gasteiger partial charge is 0.481 e. The first-order valence-electron chi connectivity index (χ1n) is 6.89. The second-order valence-electron chi connectivity index (χ2n) is 5.05. The molecule has 0 aromatic carbocycles. The van der Waals surface area contributed by atoms with Crippen LogP contribution >= 0.6 is 0 Å². The zero-order chi connectivity index (χ0) is 14.5. The van der Waals surface area contributed by atoms with E-state index in [0.29, 0.717) is 32.4 Å². The molecule has 0 saturated carbocycles. The SMILES string of the molecule is CCN(CCO)C(=O)N1CCCC(CC)(C(=O)O)C1. The Morgan fingerprint density at radius 1 is 1.37 bits per heavy atom. The lowest BCUT2D eigenvalue weighted by atomic mass is 9.78. The molecule has 1 saturated heterocycles. The fraction of sp³-hybridized carbons (Fsp3) is 0.846. The van der Waals surface area contributed by atoms with Crippen molar-refractivity contribution in [3.63, 3.8) is 0 Å². The van der Waals surface area contributed by atoms with Gasteiger partial charge in [0.15, 0.2) is 0 Å². The van der Waals surface area contributed by atoms with Gasteiger partial charge in [0.2, 0.25) is 0 Å². The number of likely N-dealkylation sites (N-methyl/N-ethyl adjacent to an activating group) is 1. The molecular weight excluding hydrogens is 248 g/mol. The van der Waals surface area contributed by atoms with Crippen molar-refractivity contribution in [3.05, 3.63) is 0 Å². The van der Waals surface area contributed by atoms with Gasteiger partial charge in [0, 0.05) is 26.2 Å². The van der Waals surface area contributed by atoms with Gasteiger partial charge in [-0.2, -0.15) is 0 Å². The van der Waals surface area contributed by atoms with Crippen molar-refractivity contribution in [2.45, 2.75) is 33.1 Å². The maximum atomic E-state index is 12.3. The number of likely N-dealkylation sites (tertiary alicyclic amines) is 1. The standard InChI is InChI=1S/C13H24N2O4/c1-3-13(11(17)18)6-5-7-15(10-13)12(19)14(4-2)8-9-16/h16H,3-10H2,1-2H3,(H,17,18). The van der Waals surface area contributed by atoms with Crippen LogP contribution in [0.15, 0.2) is 0 Å². The topological polar surface area (TPSA) is 81.1 Å². The molecule has 1 atom stereocenters. The molecule has 0 bridgehead atoms. The summed E-state index contributed by atoms with van der Waals surface area (Å²) in [5.74, 6) is -0.822. The molecule has 0 spiro atoms. The maximum Gasteiger partial charge on any atom is 0.320 e. The predicted molar refractivity (Wildman–Crippen MR) is 70.9 cm³/mol. The highest BCUT2D eigenvalue weighted by Gasteiger charge is 2.42. The molecule has 1 fully saturated rings. The number of carboxylic acid groups (broad SMARTS) is 1. The summed E-state index contributed by atoms with van der Waals surface area (Å²) < 4.78 is 0. The average Bonchev–Trinajstić information content (AvgIpc) is 2.43. The number of hydrogen-bond acceptors (Lipinski definition) is 3. The second-order valence-corrected chi connectivity index (χ2v) is 5.05. The molecule has 1 aliphatic rings. The van der Waals surface area contributed by atoms with Gasteiger partial charge in [-0.25, -0.2) is 4.79 Å². The van der Waals surface area contributed by atoms with E-state index < -0.39 is 11.4 Å². The molecule has 2 amide bonds. The van der Waals surface area contributed by atoms with Crippen molar-refractivity contribution in [1.82, 2.24) is 9.80 Å². The molecule has 0 aromatic rings. The molecule has 2 N–H and O–H groups in total. The number of carboxylic acids is 1. The summed E-state index contributed by atoms with van der Waals surface area (Å²) >= 11 is 0. The van der Waals surface area contributed by atoms with Crippen LogP contribution in [0, 0.1) is 5.41 Å². The van der Waals surface area contributed by atoms with Gasteiger partial charge in [-0.1, -0.05) is 6.92 Å². The first-order valence-corrected chi connectivity index (χ1v) is 6.89. The molecule has 0 radical (unpaired) electrons. The molecular formula is C13H24N2O4. The maximum absolute atomic E-state index is 12.3. The molecule has 1 aliphatic heterocycles. The van der Waals surface area contributed by atoms with Crippen molar-refractivity contribution in [1.29, 1.82) is 0 Å². The van der Waals surface area contributed by atoms with Crippen LogP contribution < -0.4 is 0 Å². The molecule has 6 nitrogen and oxygen atoms in total. The van der Waals surface area contributed by atoms with Crippen LogP contribution in [0.2, 0.25) is 0 Å². The minimum atomic E-state index is -0.822. The summed E-state index contributed by atoms with van der Waals surface area (Å²) in [6.45, 7) is 5.29. The number of carbonyl (C=O) groups is 2. The lowest BCUT2D eigenvalue weighted by Gasteiger charge is -2.41. The summed E-state index contributed by atoms with van der Waals surface area (Å²) in [7, 11) is 0. The van der Waals surface area contributed by atoms with Gasteiger partial charge in [0.1, 0.15) is 0 Å². The van der Waals surface area contributed by atoms with E-state index in [1.807, 2.05) is 13.8 Å². The smallest absolute Gasteiger partial charge is 0.320 e. The average molecular weight is 272 g/mol. The highest BCUT2D eigenvalue weighted by atomic mass is 16.4. The van der Waals surface area contributed by atoms with Crippen LogP contribution in [0.3, 0.4) is 0 Å². The van der Waals surface area contributed by atoms with E-state index >= 15 is 0 Å².